The molecule has 2 aromatic carbocycles. The van der Waals surface area contributed by atoms with Crippen molar-refractivity contribution in [2.75, 3.05) is 13.1 Å². The lowest BCUT2D eigenvalue weighted by molar-refractivity contribution is -0.137. The number of alkyl halides is 3. The van der Waals surface area contributed by atoms with Gasteiger partial charge in [-0.05, 0) is 55.3 Å². The molecule has 0 radical (unpaired) electrons. The lowest BCUT2D eigenvalue weighted by Gasteiger charge is -2.44. The molecule has 1 amide bonds. The number of hydrogen-bond acceptors (Lipinski definition) is 2. The molecule has 0 aromatic heterocycles. The average molecular weight is 420 g/mol. The molecule has 30 heavy (non-hydrogen) atoms. The Labute approximate surface area is 173 Å². The predicted octanol–water partition coefficient (Wildman–Crippen LogP) is 4.98. The number of carbonyl (C=O) groups excluding carboxylic acids is 1. The van der Waals surface area contributed by atoms with Gasteiger partial charge in [0.15, 0.2) is 0 Å². The van der Waals surface area contributed by atoms with Crippen molar-refractivity contribution in [3.63, 3.8) is 0 Å². The second-order valence-corrected chi connectivity index (χ2v) is 7.70. The number of hydrogen-bond donors (Lipinski definition) is 0. The highest BCUT2D eigenvalue weighted by atomic mass is 19.4. The van der Waals surface area contributed by atoms with Gasteiger partial charge in [0.2, 0.25) is 5.91 Å². The predicted molar refractivity (Wildman–Crippen MR) is 108 cm³/mol. The summed E-state index contributed by atoms with van der Waals surface area (Å²) in [7, 11) is 0. The van der Waals surface area contributed by atoms with Crippen molar-refractivity contribution >= 4 is 12.0 Å². The Bertz CT molecular complexity index is 891. The standard InChI is InChI=1S/C23H24F4N2O/c1-16-14-29(17(2)13-28(16)15-19-5-10-21(24)11-6-19)22(30)12-7-18-3-8-20(9-4-18)23(25,26)27/h3-12,16-17H,13-15H2,1-2H3. The number of amides is 1. The van der Waals surface area contributed by atoms with Crippen molar-refractivity contribution in [2.45, 2.75) is 38.7 Å². The number of piperazine rings is 1. The highest BCUT2D eigenvalue weighted by Crippen LogP contribution is 2.29. The molecule has 0 spiro atoms. The number of rotatable bonds is 4. The zero-order valence-corrected chi connectivity index (χ0v) is 16.9. The molecule has 0 bridgehead atoms. The highest BCUT2D eigenvalue weighted by molar-refractivity contribution is 5.92. The third-order valence-electron chi connectivity index (χ3n) is 5.35. The van der Waals surface area contributed by atoms with Crippen LogP contribution in [0.15, 0.2) is 54.6 Å². The van der Waals surface area contributed by atoms with Crippen LogP contribution in [-0.4, -0.2) is 40.9 Å². The lowest BCUT2D eigenvalue weighted by atomic mass is 10.1. The molecule has 1 aliphatic heterocycles. The van der Waals surface area contributed by atoms with Gasteiger partial charge in [0, 0.05) is 37.8 Å². The van der Waals surface area contributed by atoms with E-state index in [9.17, 15) is 22.4 Å². The van der Waals surface area contributed by atoms with Crippen molar-refractivity contribution in [3.05, 3.63) is 77.1 Å². The van der Waals surface area contributed by atoms with E-state index >= 15 is 0 Å². The van der Waals surface area contributed by atoms with Crippen LogP contribution in [0.4, 0.5) is 17.6 Å². The monoisotopic (exact) mass is 420 g/mol. The second kappa shape index (κ2) is 9.00. The zero-order valence-electron chi connectivity index (χ0n) is 16.9. The molecule has 1 aliphatic rings. The lowest BCUT2D eigenvalue weighted by Crippen LogP contribution is -2.57. The Morgan fingerprint density at radius 1 is 1.00 bits per heavy atom. The van der Waals surface area contributed by atoms with E-state index < -0.39 is 11.7 Å². The maximum absolute atomic E-state index is 13.1. The number of halogens is 4. The molecule has 0 aliphatic carbocycles. The Kier molecular flexibility index (Phi) is 6.61. The molecular formula is C23H24F4N2O. The Hall–Kier alpha value is -2.67. The summed E-state index contributed by atoms with van der Waals surface area (Å²) in [5.74, 6) is -0.439. The van der Waals surface area contributed by atoms with Crippen LogP contribution in [0.25, 0.3) is 6.08 Å². The first-order valence-electron chi connectivity index (χ1n) is 9.78. The molecule has 1 saturated heterocycles. The summed E-state index contributed by atoms with van der Waals surface area (Å²) in [6, 6.07) is 11.2. The van der Waals surface area contributed by atoms with Crippen LogP contribution in [0.3, 0.4) is 0 Å². The van der Waals surface area contributed by atoms with E-state index in [4.69, 9.17) is 0 Å². The summed E-state index contributed by atoms with van der Waals surface area (Å²) in [6.45, 7) is 5.90. The van der Waals surface area contributed by atoms with E-state index in [-0.39, 0.29) is 23.8 Å². The molecule has 0 saturated carbocycles. The first kappa shape index (κ1) is 22.0. The van der Waals surface area contributed by atoms with E-state index in [0.29, 0.717) is 25.2 Å². The largest absolute Gasteiger partial charge is 0.416 e. The van der Waals surface area contributed by atoms with Crippen molar-refractivity contribution < 1.29 is 22.4 Å². The van der Waals surface area contributed by atoms with Crippen LogP contribution in [0.5, 0.6) is 0 Å². The van der Waals surface area contributed by atoms with Crippen molar-refractivity contribution in [1.29, 1.82) is 0 Å². The molecule has 2 unspecified atom stereocenters. The summed E-state index contributed by atoms with van der Waals surface area (Å²) in [5, 5.41) is 0. The molecule has 3 rings (SSSR count). The summed E-state index contributed by atoms with van der Waals surface area (Å²) in [4.78, 5) is 16.7. The Morgan fingerprint density at radius 3 is 2.23 bits per heavy atom. The fourth-order valence-electron chi connectivity index (χ4n) is 3.60. The van der Waals surface area contributed by atoms with Crippen LogP contribution in [0.2, 0.25) is 0 Å². The van der Waals surface area contributed by atoms with Gasteiger partial charge in [-0.1, -0.05) is 24.3 Å². The van der Waals surface area contributed by atoms with Crippen LogP contribution in [-0.2, 0) is 17.5 Å². The quantitative estimate of drug-likeness (QED) is 0.515. The Morgan fingerprint density at radius 2 is 1.63 bits per heavy atom. The minimum Gasteiger partial charge on any atom is -0.334 e. The zero-order chi connectivity index (χ0) is 21.9. The Balaban J connectivity index is 1.60. The minimum absolute atomic E-state index is 0.0218. The fourth-order valence-corrected chi connectivity index (χ4v) is 3.60. The fraction of sp³-hybridized carbons (Fsp3) is 0.348. The highest BCUT2D eigenvalue weighted by Gasteiger charge is 2.31. The molecule has 7 heteroatoms. The van der Waals surface area contributed by atoms with E-state index in [1.54, 1.807) is 17.0 Å². The third kappa shape index (κ3) is 5.48. The maximum atomic E-state index is 13.1. The van der Waals surface area contributed by atoms with Gasteiger partial charge in [-0.15, -0.1) is 0 Å². The molecule has 1 fully saturated rings. The van der Waals surface area contributed by atoms with E-state index in [1.807, 2.05) is 13.8 Å². The number of nitrogens with zero attached hydrogens (tertiary/aromatic N) is 2. The molecule has 1 heterocycles. The van der Waals surface area contributed by atoms with Gasteiger partial charge in [-0.25, -0.2) is 4.39 Å². The molecule has 0 N–H and O–H groups in total. The summed E-state index contributed by atoms with van der Waals surface area (Å²) in [5.41, 5.74) is 0.829. The van der Waals surface area contributed by atoms with Gasteiger partial charge in [0.05, 0.1) is 5.56 Å². The first-order chi connectivity index (χ1) is 14.1. The molecule has 2 aromatic rings. The van der Waals surface area contributed by atoms with Gasteiger partial charge in [0.1, 0.15) is 5.82 Å². The van der Waals surface area contributed by atoms with E-state index in [1.165, 1.54) is 36.4 Å². The van der Waals surface area contributed by atoms with Crippen molar-refractivity contribution in [3.8, 4) is 0 Å². The van der Waals surface area contributed by atoms with Gasteiger partial charge in [0.25, 0.3) is 0 Å². The van der Waals surface area contributed by atoms with Gasteiger partial charge in [-0.3, -0.25) is 9.69 Å². The molecular weight excluding hydrogens is 396 g/mol. The molecule has 2 atom stereocenters. The topological polar surface area (TPSA) is 23.6 Å². The van der Waals surface area contributed by atoms with Gasteiger partial charge >= 0.3 is 6.18 Å². The van der Waals surface area contributed by atoms with Gasteiger partial charge in [-0.2, -0.15) is 13.2 Å². The summed E-state index contributed by atoms with van der Waals surface area (Å²) >= 11 is 0. The maximum Gasteiger partial charge on any atom is 0.416 e. The number of benzene rings is 2. The molecule has 3 nitrogen and oxygen atoms in total. The smallest absolute Gasteiger partial charge is 0.334 e. The number of carbonyl (C=O) groups is 1. The van der Waals surface area contributed by atoms with Crippen molar-refractivity contribution in [1.82, 2.24) is 9.80 Å². The van der Waals surface area contributed by atoms with Crippen LogP contribution in [0.1, 0.15) is 30.5 Å². The van der Waals surface area contributed by atoms with E-state index in [2.05, 4.69) is 4.90 Å². The minimum atomic E-state index is -4.38. The summed E-state index contributed by atoms with van der Waals surface area (Å²) in [6.07, 6.45) is -1.44. The summed E-state index contributed by atoms with van der Waals surface area (Å²) < 4.78 is 51.0. The molecule has 160 valence electrons. The average Bonchev–Trinajstić information content (AvgIpc) is 2.70. The van der Waals surface area contributed by atoms with Crippen LogP contribution < -0.4 is 0 Å². The van der Waals surface area contributed by atoms with E-state index in [0.717, 1.165) is 17.7 Å². The van der Waals surface area contributed by atoms with Crippen LogP contribution >= 0.6 is 0 Å². The third-order valence-corrected chi connectivity index (χ3v) is 5.35. The second-order valence-electron chi connectivity index (χ2n) is 7.70. The SMILES string of the molecule is CC1CN(C(=O)C=Cc2ccc(C(F)(F)F)cc2)C(C)CN1Cc1ccc(F)cc1. The van der Waals surface area contributed by atoms with Crippen molar-refractivity contribution in [2.24, 2.45) is 0 Å². The van der Waals surface area contributed by atoms with Gasteiger partial charge < -0.3 is 4.90 Å². The normalized spacial score (nSPS) is 20.7. The first-order valence-corrected chi connectivity index (χ1v) is 9.78. The van der Waals surface area contributed by atoms with Crippen LogP contribution in [0, 0.1) is 5.82 Å².